The summed E-state index contributed by atoms with van der Waals surface area (Å²) in [5, 5.41) is 0. The van der Waals surface area contributed by atoms with Gasteiger partial charge in [-0.3, -0.25) is 4.79 Å². The summed E-state index contributed by atoms with van der Waals surface area (Å²) in [7, 11) is 0. The molecule has 0 aliphatic rings. The van der Waals surface area contributed by atoms with Gasteiger partial charge in [-0.25, -0.2) is 4.79 Å². The quantitative estimate of drug-likeness (QED) is 0.532. The normalized spacial score (nSPS) is 9.14. The average molecular weight is 189 g/mol. The fourth-order valence-corrected chi connectivity index (χ4v) is 0.892. The summed E-state index contributed by atoms with van der Waals surface area (Å²) < 4.78 is 4.80. The molecular formula is C11H9O3. The average Bonchev–Trinajstić information content (AvgIpc) is 2.26. The van der Waals surface area contributed by atoms with E-state index in [0.717, 1.165) is 0 Å². The summed E-state index contributed by atoms with van der Waals surface area (Å²) in [6, 6.07) is 6.06. The Morgan fingerprint density at radius 3 is 2.57 bits per heavy atom. The SMILES string of the molecule is C=CCOC(=O)c1ccc([C]=O)cc1. The number of hydrogen-bond acceptors (Lipinski definition) is 3. The van der Waals surface area contributed by atoms with Crippen LogP contribution in [0.1, 0.15) is 15.9 Å². The molecule has 0 aliphatic carbocycles. The molecule has 1 radical (unpaired) electrons. The highest BCUT2D eigenvalue weighted by Crippen LogP contribution is 2.04. The van der Waals surface area contributed by atoms with Crippen molar-refractivity contribution in [3.63, 3.8) is 0 Å². The molecule has 71 valence electrons. The van der Waals surface area contributed by atoms with Gasteiger partial charge in [-0.15, -0.1) is 0 Å². The first-order chi connectivity index (χ1) is 6.77. The molecule has 1 aromatic carbocycles. The van der Waals surface area contributed by atoms with Crippen LogP contribution in [-0.4, -0.2) is 18.9 Å². The molecular weight excluding hydrogens is 180 g/mol. The number of ether oxygens (including phenoxy) is 1. The van der Waals surface area contributed by atoms with Gasteiger partial charge in [-0.05, 0) is 12.1 Å². The summed E-state index contributed by atoms with van der Waals surface area (Å²) in [5.74, 6) is -0.428. The lowest BCUT2D eigenvalue weighted by Gasteiger charge is -2.00. The highest BCUT2D eigenvalue weighted by molar-refractivity contribution is 5.90. The molecule has 0 N–H and O–H groups in total. The van der Waals surface area contributed by atoms with Gasteiger partial charge in [-0.2, -0.15) is 0 Å². The maximum Gasteiger partial charge on any atom is 0.338 e. The first kappa shape index (κ1) is 10.2. The van der Waals surface area contributed by atoms with Crippen LogP contribution in [0, 0.1) is 0 Å². The number of carbonyl (C=O) groups is 1. The Bertz CT molecular complexity index is 338. The van der Waals surface area contributed by atoms with Crippen molar-refractivity contribution in [1.29, 1.82) is 0 Å². The van der Waals surface area contributed by atoms with Crippen LogP contribution >= 0.6 is 0 Å². The van der Waals surface area contributed by atoms with Gasteiger partial charge >= 0.3 is 5.97 Å². The van der Waals surface area contributed by atoms with Gasteiger partial charge in [0.15, 0.2) is 0 Å². The third-order valence-corrected chi connectivity index (χ3v) is 1.57. The number of hydrogen-bond donors (Lipinski definition) is 0. The monoisotopic (exact) mass is 189 g/mol. The molecule has 0 amide bonds. The summed E-state index contributed by atoms with van der Waals surface area (Å²) in [4.78, 5) is 21.4. The van der Waals surface area contributed by atoms with E-state index in [1.54, 1.807) is 6.29 Å². The van der Waals surface area contributed by atoms with Gasteiger partial charge in [0, 0.05) is 5.56 Å². The molecule has 3 heteroatoms. The van der Waals surface area contributed by atoms with Crippen molar-refractivity contribution >= 4 is 12.3 Å². The maximum atomic E-state index is 11.2. The highest BCUT2D eigenvalue weighted by Gasteiger charge is 2.05. The Balaban J connectivity index is 2.71. The second kappa shape index (κ2) is 4.97. The van der Waals surface area contributed by atoms with Crippen LogP contribution < -0.4 is 0 Å². The van der Waals surface area contributed by atoms with E-state index in [9.17, 15) is 9.59 Å². The van der Waals surface area contributed by atoms with Crippen LogP contribution in [0.5, 0.6) is 0 Å². The third-order valence-electron chi connectivity index (χ3n) is 1.57. The predicted octanol–water partition coefficient (Wildman–Crippen LogP) is 1.49. The molecule has 0 bridgehead atoms. The van der Waals surface area contributed by atoms with Crippen molar-refractivity contribution in [2.75, 3.05) is 6.61 Å². The molecule has 3 nitrogen and oxygen atoms in total. The lowest BCUT2D eigenvalue weighted by molar-refractivity contribution is 0.0550. The minimum Gasteiger partial charge on any atom is -0.458 e. The smallest absolute Gasteiger partial charge is 0.338 e. The van der Waals surface area contributed by atoms with Crippen LogP contribution in [0.25, 0.3) is 0 Å². The van der Waals surface area contributed by atoms with Crippen LogP contribution in [0.3, 0.4) is 0 Å². The molecule has 0 spiro atoms. The molecule has 0 aliphatic heterocycles. The first-order valence-corrected chi connectivity index (χ1v) is 4.04. The lowest BCUT2D eigenvalue weighted by Crippen LogP contribution is -2.04. The van der Waals surface area contributed by atoms with Crippen molar-refractivity contribution < 1.29 is 14.3 Å². The molecule has 0 aromatic heterocycles. The number of rotatable bonds is 4. The fraction of sp³-hybridized carbons (Fsp3) is 0.0909. The number of carbonyl (C=O) groups excluding carboxylic acids is 2. The first-order valence-electron chi connectivity index (χ1n) is 4.04. The summed E-state index contributed by atoms with van der Waals surface area (Å²) >= 11 is 0. The number of benzene rings is 1. The molecule has 0 saturated carbocycles. The van der Waals surface area contributed by atoms with E-state index in [0.29, 0.717) is 11.1 Å². The molecule has 1 rings (SSSR count). The molecule has 0 saturated heterocycles. The van der Waals surface area contributed by atoms with Gasteiger partial charge in [0.2, 0.25) is 6.29 Å². The molecule has 0 unspecified atom stereocenters. The largest absolute Gasteiger partial charge is 0.458 e. The van der Waals surface area contributed by atoms with E-state index < -0.39 is 5.97 Å². The van der Waals surface area contributed by atoms with E-state index in [1.165, 1.54) is 30.3 Å². The van der Waals surface area contributed by atoms with Crippen LogP contribution in [-0.2, 0) is 9.53 Å². The van der Waals surface area contributed by atoms with Crippen LogP contribution in [0.2, 0.25) is 0 Å². The molecule has 14 heavy (non-hydrogen) atoms. The second-order valence-electron chi connectivity index (χ2n) is 2.57. The Labute approximate surface area is 82.0 Å². The predicted molar refractivity (Wildman–Crippen MR) is 51.7 cm³/mol. The van der Waals surface area contributed by atoms with Crippen molar-refractivity contribution in [1.82, 2.24) is 0 Å². The summed E-state index contributed by atoms with van der Waals surface area (Å²) in [6.07, 6.45) is 3.21. The van der Waals surface area contributed by atoms with Crippen molar-refractivity contribution in [2.45, 2.75) is 0 Å². The van der Waals surface area contributed by atoms with Gasteiger partial charge in [0.1, 0.15) is 6.61 Å². The third kappa shape index (κ3) is 2.55. The van der Waals surface area contributed by atoms with Gasteiger partial charge < -0.3 is 4.74 Å². The van der Waals surface area contributed by atoms with Gasteiger partial charge in [0.25, 0.3) is 0 Å². The lowest BCUT2D eigenvalue weighted by atomic mass is 10.1. The van der Waals surface area contributed by atoms with E-state index in [2.05, 4.69) is 6.58 Å². The minimum absolute atomic E-state index is 0.181. The van der Waals surface area contributed by atoms with E-state index in [-0.39, 0.29) is 6.61 Å². The Morgan fingerprint density at radius 2 is 2.07 bits per heavy atom. The van der Waals surface area contributed by atoms with Crippen LogP contribution in [0.4, 0.5) is 0 Å². The zero-order chi connectivity index (χ0) is 10.4. The Morgan fingerprint density at radius 1 is 1.43 bits per heavy atom. The fourth-order valence-electron chi connectivity index (χ4n) is 0.892. The maximum absolute atomic E-state index is 11.2. The van der Waals surface area contributed by atoms with Crippen molar-refractivity contribution in [2.24, 2.45) is 0 Å². The van der Waals surface area contributed by atoms with Crippen molar-refractivity contribution in [3.05, 3.63) is 48.0 Å². The molecule has 0 heterocycles. The molecule has 1 aromatic rings. The standard InChI is InChI=1S/C11H9O3/c1-2-7-14-11(13)10-5-3-9(8-12)4-6-10/h2-6H,1,7H2. The van der Waals surface area contributed by atoms with Gasteiger partial charge in [0.05, 0.1) is 5.56 Å². The number of esters is 1. The zero-order valence-corrected chi connectivity index (χ0v) is 7.53. The summed E-state index contributed by atoms with van der Waals surface area (Å²) in [6.45, 7) is 3.61. The van der Waals surface area contributed by atoms with Gasteiger partial charge in [-0.1, -0.05) is 24.8 Å². The highest BCUT2D eigenvalue weighted by atomic mass is 16.5. The van der Waals surface area contributed by atoms with Crippen LogP contribution in [0.15, 0.2) is 36.9 Å². The topological polar surface area (TPSA) is 43.4 Å². The van der Waals surface area contributed by atoms with Crippen molar-refractivity contribution in [3.8, 4) is 0 Å². The van der Waals surface area contributed by atoms with E-state index in [4.69, 9.17) is 4.74 Å². The minimum atomic E-state index is -0.428. The molecule has 0 fully saturated rings. The summed E-state index contributed by atoms with van der Waals surface area (Å²) in [5.41, 5.74) is 0.816. The Kier molecular flexibility index (Phi) is 3.61. The van der Waals surface area contributed by atoms with E-state index in [1.807, 2.05) is 0 Å². The second-order valence-corrected chi connectivity index (χ2v) is 2.57. The zero-order valence-electron chi connectivity index (χ0n) is 7.53. The molecule has 0 atom stereocenters. The van der Waals surface area contributed by atoms with E-state index >= 15 is 0 Å². The Hall–Kier alpha value is -1.90.